The minimum absolute atomic E-state index is 0.0333. The highest BCUT2D eigenvalue weighted by Gasteiger charge is 2.31. The van der Waals surface area contributed by atoms with Crippen LogP contribution in [0.25, 0.3) is 0 Å². The molecule has 0 saturated heterocycles. The number of carbonyl (C=O) groups excluding carboxylic acids is 1. The van der Waals surface area contributed by atoms with Gasteiger partial charge in [-0.2, -0.15) is 0 Å². The lowest BCUT2D eigenvalue weighted by molar-refractivity contribution is -0.120. The fourth-order valence-corrected chi connectivity index (χ4v) is 3.50. The monoisotopic (exact) mass is 339 g/mol. The predicted molar refractivity (Wildman–Crippen MR) is 78.0 cm³/mol. The molecule has 1 amide bonds. The van der Waals surface area contributed by atoms with Gasteiger partial charge in [0, 0.05) is 18.7 Å². The number of carbonyl (C=O) groups is 1. The van der Waals surface area contributed by atoms with E-state index in [1.807, 2.05) is 0 Å². The Balaban J connectivity index is 2.98. The molecule has 1 N–H and O–H groups in total. The Morgan fingerprint density at radius 3 is 2.65 bits per heavy atom. The normalized spacial score (nSPS) is 13.0. The van der Waals surface area contributed by atoms with Crippen LogP contribution in [0.1, 0.15) is 6.92 Å². The number of hydrogen-bond donors (Lipinski definition) is 1. The molecule has 0 heterocycles. The summed E-state index contributed by atoms with van der Waals surface area (Å²) in [5, 5.41) is 1.48. The third-order valence-electron chi connectivity index (χ3n) is 2.64. The number of nitrogens with one attached hydrogen (secondary N) is 1. The molecule has 0 saturated carbocycles. The molecule has 0 bridgehead atoms. The second kappa shape index (κ2) is 7.26. The Morgan fingerprint density at radius 1 is 1.40 bits per heavy atom. The molecule has 0 aliphatic rings. The van der Waals surface area contributed by atoms with Crippen LogP contribution in [0.15, 0.2) is 23.1 Å². The van der Waals surface area contributed by atoms with Crippen LogP contribution in [0.3, 0.4) is 0 Å². The number of hydrogen-bond acceptors (Lipinski definition) is 4. The summed E-state index contributed by atoms with van der Waals surface area (Å²) in [6, 6.07) is 4.09. The Hall–Kier alpha value is -0.820. The number of ether oxygens (including phenoxy) is 1. The number of amides is 1. The van der Waals surface area contributed by atoms with Crippen LogP contribution < -0.4 is 5.32 Å². The molecule has 1 aromatic carbocycles. The topological polar surface area (TPSA) is 72.5 Å². The van der Waals surface area contributed by atoms with Gasteiger partial charge in [0.25, 0.3) is 0 Å². The van der Waals surface area contributed by atoms with Crippen LogP contribution in [-0.2, 0) is 19.4 Å². The summed E-state index contributed by atoms with van der Waals surface area (Å²) in [5.41, 5.74) is 0. The van der Waals surface area contributed by atoms with E-state index < -0.39 is 21.0 Å². The minimum atomic E-state index is -3.90. The summed E-state index contributed by atoms with van der Waals surface area (Å²) in [5.74, 6) is -0.613. The number of benzene rings is 1. The van der Waals surface area contributed by atoms with Crippen LogP contribution in [0.4, 0.5) is 0 Å². The summed E-state index contributed by atoms with van der Waals surface area (Å²) >= 11 is 11.6. The van der Waals surface area contributed by atoms with E-state index in [-0.39, 0.29) is 21.5 Å². The van der Waals surface area contributed by atoms with Crippen molar-refractivity contribution in [2.75, 3.05) is 20.3 Å². The minimum Gasteiger partial charge on any atom is -0.383 e. The summed E-state index contributed by atoms with van der Waals surface area (Å²) in [6.07, 6.45) is 0. The van der Waals surface area contributed by atoms with Gasteiger partial charge in [0.2, 0.25) is 5.91 Å². The van der Waals surface area contributed by atoms with Crippen molar-refractivity contribution in [3.8, 4) is 0 Å². The van der Waals surface area contributed by atoms with Gasteiger partial charge in [-0.05, 0) is 25.1 Å². The first-order valence-electron chi connectivity index (χ1n) is 5.76. The highest BCUT2D eigenvalue weighted by atomic mass is 35.5. The van der Waals surface area contributed by atoms with Gasteiger partial charge < -0.3 is 10.1 Å². The second-order valence-electron chi connectivity index (χ2n) is 4.05. The summed E-state index contributed by atoms with van der Waals surface area (Å²) in [4.78, 5) is 11.7. The molecule has 0 radical (unpaired) electrons. The van der Waals surface area contributed by atoms with Crippen LogP contribution in [-0.4, -0.2) is 39.8 Å². The maximum Gasteiger partial charge on any atom is 0.238 e. The average molecular weight is 340 g/mol. The van der Waals surface area contributed by atoms with Gasteiger partial charge in [0.15, 0.2) is 9.84 Å². The van der Waals surface area contributed by atoms with Gasteiger partial charge in [-0.3, -0.25) is 4.79 Å². The van der Waals surface area contributed by atoms with Crippen molar-refractivity contribution < 1.29 is 17.9 Å². The van der Waals surface area contributed by atoms with E-state index in [4.69, 9.17) is 27.9 Å². The molecule has 0 aromatic heterocycles. The van der Waals surface area contributed by atoms with E-state index in [1.165, 1.54) is 32.2 Å². The van der Waals surface area contributed by atoms with Gasteiger partial charge in [0.05, 0.1) is 16.5 Å². The van der Waals surface area contributed by atoms with Gasteiger partial charge in [0.1, 0.15) is 5.25 Å². The van der Waals surface area contributed by atoms with Crippen molar-refractivity contribution >= 4 is 38.9 Å². The smallest absolute Gasteiger partial charge is 0.238 e. The first-order valence-corrected chi connectivity index (χ1v) is 8.06. The lowest BCUT2D eigenvalue weighted by Crippen LogP contribution is -2.39. The molecular formula is C12H15Cl2NO4S. The molecular weight excluding hydrogens is 325 g/mol. The predicted octanol–water partition coefficient (Wildman–Crippen LogP) is 1.92. The SMILES string of the molecule is COCCNC(=O)C(C)S(=O)(=O)c1cc(Cl)ccc1Cl. The van der Waals surface area contributed by atoms with Crippen molar-refractivity contribution in [2.24, 2.45) is 0 Å². The van der Waals surface area contributed by atoms with Crippen molar-refractivity contribution in [2.45, 2.75) is 17.1 Å². The molecule has 0 fully saturated rings. The Labute approximate surface area is 128 Å². The van der Waals surface area contributed by atoms with Gasteiger partial charge >= 0.3 is 0 Å². The molecule has 5 nitrogen and oxygen atoms in total. The number of methoxy groups -OCH3 is 1. The highest BCUT2D eigenvalue weighted by molar-refractivity contribution is 7.92. The first-order chi connectivity index (χ1) is 9.30. The maximum absolute atomic E-state index is 12.3. The largest absolute Gasteiger partial charge is 0.383 e. The van der Waals surface area contributed by atoms with E-state index in [0.717, 1.165) is 0 Å². The highest BCUT2D eigenvalue weighted by Crippen LogP contribution is 2.28. The summed E-state index contributed by atoms with van der Waals surface area (Å²) in [7, 11) is -2.41. The van der Waals surface area contributed by atoms with E-state index in [9.17, 15) is 13.2 Å². The molecule has 112 valence electrons. The molecule has 0 aliphatic carbocycles. The Bertz CT molecular complexity index is 589. The zero-order valence-corrected chi connectivity index (χ0v) is 13.3. The molecule has 20 heavy (non-hydrogen) atoms. The van der Waals surface area contributed by atoms with E-state index in [2.05, 4.69) is 5.32 Å². The fraction of sp³-hybridized carbons (Fsp3) is 0.417. The molecule has 1 atom stereocenters. The zero-order chi connectivity index (χ0) is 15.3. The maximum atomic E-state index is 12.3. The molecule has 0 spiro atoms. The molecule has 8 heteroatoms. The number of rotatable bonds is 6. The molecule has 1 aromatic rings. The molecule has 0 aliphatic heterocycles. The fourth-order valence-electron chi connectivity index (χ4n) is 1.45. The van der Waals surface area contributed by atoms with Crippen molar-refractivity contribution in [1.82, 2.24) is 5.32 Å². The number of sulfone groups is 1. The van der Waals surface area contributed by atoms with Crippen LogP contribution in [0.5, 0.6) is 0 Å². The van der Waals surface area contributed by atoms with Crippen molar-refractivity contribution in [3.63, 3.8) is 0 Å². The zero-order valence-electron chi connectivity index (χ0n) is 11.0. The third kappa shape index (κ3) is 4.09. The summed E-state index contributed by atoms with van der Waals surface area (Å²) < 4.78 is 29.5. The van der Waals surface area contributed by atoms with Gasteiger partial charge in [-0.25, -0.2) is 8.42 Å². The van der Waals surface area contributed by atoms with E-state index >= 15 is 0 Å². The second-order valence-corrected chi connectivity index (χ2v) is 7.13. The van der Waals surface area contributed by atoms with Gasteiger partial charge in [-0.1, -0.05) is 23.2 Å². The van der Waals surface area contributed by atoms with E-state index in [0.29, 0.717) is 6.61 Å². The number of halogens is 2. The third-order valence-corrected chi connectivity index (χ3v) is 5.41. The first kappa shape index (κ1) is 17.2. The van der Waals surface area contributed by atoms with Crippen molar-refractivity contribution in [1.29, 1.82) is 0 Å². The Morgan fingerprint density at radius 2 is 2.05 bits per heavy atom. The lowest BCUT2D eigenvalue weighted by Gasteiger charge is -2.14. The van der Waals surface area contributed by atoms with Crippen LogP contribution in [0.2, 0.25) is 10.0 Å². The van der Waals surface area contributed by atoms with Crippen LogP contribution >= 0.6 is 23.2 Å². The van der Waals surface area contributed by atoms with Gasteiger partial charge in [-0.15, -0.1) is 0 Å². The quantitative estimate of drug-likeness (QED) is 0.803. The molecule has 1 unspecified atom stereocenters. The van der Waals surface area contributed by atoms with Crippen LogP contribution in [0, 0.1) is 0 Å². The molecule has 1 rings (SSSR count). The summed E-state index contributed by atoms with van der Waals surface area (Å²) in [6.45, 7) is 1.84. The lowest BCUT2D eigenvalue weighted by atomic mass is 10.4. The average Bonchev–Trinajstić information content (AvgIpc) is 2.40. The van der Waals surface area contributed by atoms with E-state index in [1.54, 1.807) is 0 Å². The Kier molecular flexibility index (Phi) is 6.26. The van der Waals surface area contributed by atoms with Crippen molar-refractivity contribution in [3.05, 3.63) is 28.2 Å². The standard InChI is InChI=1S/C12H15Cl2NO4S/c1-8(12(16)15-5-6-19-2)20(17,18)11-7-9(13)3-4-10(11)14/h3-4,7-8H,5-6H2,1-2H3,(H,15,16).